The van der Waals surface area contributed by atoms with E-state index in [1.165, 1.54) is 64.3 Å². The Morgan fingerprint density at radius 1 is 1.12 bits per heavy atom. The average molecular weight is 238 g/mol. The van der Waals surface area contributed by atoms with Crippen LogP contribution < -0.4 is 5.73 Å². The van der Waals surface area contributed by atoms with Crippen LogP contribution in [-0.2, 0) is 0 Å². The lowest BCUT2D eigenvalue weighted by molar-refractivity contribution is 0.0833. The van der Waals surface area contributed by atoms with Crippen molar-refractivity contribution >= 4 is 0 Å². The summed E-state index contributed by atoms with van der Waals surface area (Å²) in [5.41, 5.74) is 6.25. The Hall–Kier alpha value is -0.0800. The van der Waals surface area contributed by atoms with Gasteiger partial charge in [-0.1, -0.05) is 39.0 Å². The van der Waals surface area contributed by atoms with Crippen LogP contribution in [0.5, 0.6) is 0 Å². The zero-order valence-electron chi connectivity index (χ0n) is 11.5. The summed E-state index contributed by atoms with van der Waals surface area (Å²) >= 11 is 0. The lowest BCUT2D eigenvalue weighted by Gasteiger charge is -2.42. The molecule has 2 fully saturated rings. The third-order valence-electron chi connectivity index (χ3n) is 4.65. The summed E-state index contributed by atoms with van der Waals surface area (Å²) in [5.74, 6) is 0.876. The van der Waals surface area contributed by atoms with Crippen LogP contribution >= 0.6 is 0 Å². The van der Waals surface area contributed by atoms with E-state index in [0.29, 0.717) is 6.04 Å². The fourth-order valence-electron chi connectivity index (χ4n) is 3.73. The molecule has 100 valence electrons. The summed E-state index contributed by atoms with van der Waals surface area (Å²) in [6.07, 6.45) is 12.6. The number of hydrogen-bond acceptors (Lipinski definition) is 2. The molecule has 1 saturated heterocycles. The van der Waals surface area contributed by atoms with Crippen LogP contribution in [0.3, 0.4) is 0 Å². The SMILES string of the molecule is CCCCC1CC(N)CN(C2CCCCC2)C1. The summed E-state index contributed by atoms with van der Waals surface area (Å²) in [6.45, 7) is 4.79. The number of unbranched alkanes of at least 4 members (excludes halogenated alkanes) is 1. The van der Waals surface area contributed by atoms with Crippen molar-refractivity contribution in [2.75, 3.05) is 13.1 Å². The van der Waals surface area contributed by atoms with Crippen molar-refractivity contribution in [3.05, 3.63) is 0 Å². The highest BCUT2D eigenvalue weighted by molar-refractivity contribution is 4.86. The molecule has 0 amide bonds. The normalized spacial score (nSPS) is 32.8. The summed E-state index contributed by atoms with van der Waals surface area (Å²) in [7, 11) is 0. The molecule has 2 aliphatic rings. The van der Waals surface area contributed by atoms with Crippen LogP contribution in [0.2, 0.25) is 0 Å². The van der Waals surface area contributed by atoms with E-state index in [0.717, 1.165) is 18.5 Å². The van der Waals surface area contributed by atoms with E-state index >= 15 is 0 Å². The predicted octanol–water partition coefficient (Wildman–Crippen LogP) is 3.16. The highest BCUT2D eigenvalue weighted by Gasteiger charge is 2.29. The summed E-state index contributed by atoms with van der Waals surface area (Å²) in [6, 6.07) is 1.30. The molecule has 0 bridgehead atoms. The van der Waals surface area contributed by atoms with Crippen molar-refractivity contribution in [3.8, 4) is 0 Å². The van der Waals surface area contributed by atoms with Crippen LogP contribution in [0.25, 0.3) is 0 Å². The largest absolute Gasteiger partial charge is 0.327 e. The lowest BCUT2D eigenvalue weighted by Crippen LogP contribution is -2.51. The average Bonchev–Trinajstić information content (AvgIpc) is 2.37. The maximum absolute atomic E-state index is 6.25. The molecule has 1 aliphatic heterocycles. The van der Waals surface area contributed by atoms with Gasteiger partial charge in [0.2, 0.25) is 0 Å². The minimum atomic E-state index is 0.438. The molecule has 17 heavy (non-hydrogen) atoms. The maximum atomic E-state index is 6.25. The topological polar surface area (TPSA) is 29.3 Å². The molecule has 2 rings (SSSR count). The first-order valence-electron chi connectivity index (χ1n) is 7.79. The number of rotatable bonds is 4. The third-order valence-corrected chi connectivity index (χ3v) is 4.65. The molecule has 2 nitrogen and oxygen atoms in total. The zero-order valence-corrected chi connectivity index (χ0v) is 11.5. The van der Waals surface area contributed by atoms with Gasteiger partial charge in [0.05, 0.1) is 0 Å². The number of piperidine rings is 1. The first-order chi connectivity index (χ1) is 8.29. The number of nitrogens with two attached hydrogens (primary N) is 1. The zero-order chi connectivity index (χ0) is 12.1. The monoisotopic (exact) mass is 238 g/mol. The minimum absolute atomic E-state index is 0.438. The van der Waals surface area contributed by atoms with E-state index < -0.39 is 0 Å². The Balaban J connectivity index is 1.83. The van der Waals surface area contributed by atoms with Crippen LogP contribution in [0.15, 0.2) is 0 Å². The Kier molecular flexibility index (Phi) is 5.30. The van der Waals surface area contributed by atoms with E-state index in [4.69, 9.17) is 5.73 Å². The fourth-order valence-corrected chi connectivity index (χ4v) is 3.73. The van der Waals surface area contributed by atoms with Crippen molar-refractivity contribution in [3.63, 3.8) is 0 Å². The molecular formula is C15H30N2. The number of likely N-dealkylation sites (tertiary alicyclic amines) is 1. The van der Waals surface area contributed by atoms with Gasteiger partial charge in [0.25, 0.3) is 0 Å². The van der Waals surface area contributed by atoms with E-state index in [9.17, 15) is 0 Å². The molecule has 0 aromatic carbocycles. The van der Waals surface area contributed by atoms with Gasteiger partial charge in [0, 0.05) is 25.2 Å². The standard InChI is InChI=1S/C15H30N2/c1-2-3-7-13-10-14(16)12-17(11-13)15-8-5-4-6-9-15/h13-15H,2-12,16H2,1H3. The summed E-state index contributed by atoms with van der Waals surface area (Å²) in [4.78, 5) is 2.73. The van der Waals surface area contributed by atoms with Crippen molar-refractivity contribution in [1.29, 1.82) is 0 Å². The van der Waals surface area contributed by atoms with E-state index in [1.807, 2.05) is 0 Å². The Morgan fingerprint density at radius 2 is 1.88 bits per heavy atom. The van der Waals surface area contributed by atoms with Gasteiger partial charge in [-0.2, -0.15) is 0 Å². The molecule has 2 atom stereocenters. The molecular weight excluding hydrogens is 208 g/mol. The second-order valence-corrected chi connectivity index (χ2v) is 6.25. The maximum Gasteiger partial charge on any atom is 0.0171 e. The van der Waals surface area contributed by atoms with Crippen molar-refractivity contribution in [2.24, 2.45) is 11.7 Å². The molecule has 1 heterocycles. The summed E-state index contributed by atoms with van der Waals surface area (Å²) < 4.78 is 0. The first-order valence-corrected chi connectivity index (χ1v) is 7.79. The second-order valence-electron chi connectivity index (χ2n) is 6.25. The minimum Gasteiger partial charge on any atom is -0.327 e. The van der Waals surface area contributed by atoms with Gasteiger partial charge in [0.1, 0.15) is 0 Å². The Morgan fingerprint density at radius 3 is 2.59 bits per heavy atom. The van der Waals surface area contributed by atoms with Gasteiger partial charge < -0.3 is 5.73 Å². The van der Waals surface area contributed by atoms with Gasteiger partial charge in [-0.15, -0.1) is 0 Å². The van der Waals surface area contributed by atoms with Gasteiger partial charge in [0.15, 0.2) is 0 Å². The first kappa shape index (κ1) is 13.4. The molecule has 0 aromatic heterocycles. The molecule has 2 unspecified atom stereocenters. The third kappa shape index (κ3) is 3.96. The van der Waals surface area contributed by atoms with E-state index in [-0.39, 0.29) is 0 Å². The van der Waals surface area contributed by atoms with E-state index in [2.05, 4.69) is 11.8 Å². The van der Waals surface area contributed by atoms with Crippen LogP contribution in [-0.4, -0.2) is 30.1 Å². The van der Waals surface area contributed by atoms with Gasteiger partial charge in [-0.3, -0.25) is 4.90 Å². The molecule has 1 aliphatic carbocycles. The fraction of sp³-hybridized carbons (Fsp3) is 1.00. The smallest absolute Gasteiger partial charge is 0.0171 e. The predicted molar refractivity (Wildman–Crippen MR) is 74.1 cm³/mol. The van der Waals surface area contributed by atoms with Crippen LogP contribution in [0, 0.1) is 5.92 Å². The Bertz CT molecular complexity index is 211. The molecule has 2 N–H and O–H groups in total. The summed E-state index contributed by atoms with van der Waals surface area (Å²) in [5, 5.41) is 0. The number of nitrogens with zero attached hydrogens (tertiary/aromatic N) is 1. The van der Waals surface area contributed by atoms with Crippen molar-refractivity contribution in [2.45, 2.75) is 76.8 Å². The highest BCUT2D eigenvalue weighted by atomic mass is 15.2. The molecule has 0 aromatic rings. The van der Waals surface area contributed by atoms with E-state index in [1.54, 1.807) is 0 Å². The Labute approximate surface area is 107 Å². The molecule has 2 heteroatoms. The van der Waals surface area contributed by atoms with Crippen molar-refractivity contribution < 1.29 is 0 Å². The lowest BCUT2D eigenvalue weighted by atomic mass is 9.86. The second kappa shape index (κ2) is 6.75. The highest BCUT2D eigenvalue weighted by Crippen LogP contribution is 2.28. The molecule has 0 radical (unpaired) electrons. The number of hydrogen-bond donors (Lipinski definition) is 1. The van der Waals surface area contributed by atoms with Gasteiger partial charge >= 0.3 is 0 Å². The van der Waals surface area contributed by atoms with Crippen LogP contribution in [0.1, 0.15) is 64.7 Å². The van der Waals surface area contributed by atoms with Crippen molar-refractivity contribution in [1.82, 2.24) is 4.90 Å². The van der Waals surface area contributed by atoms with Crippen LogP contribution in [0.4, 0.5) is 0 Å². The quantitative estimate of drug-likeness (QED) is 0.815. The van der Waals surface area contributed by atoms with Gasteiger partial charge in [-0.05, 0) is 31.6 Å². The van der Waals surface area contributed by atoms with Gasteiger partial charge in [-0.25, -0.2) is 0 Å². The molecule has 1 saturated carbocycles. The molecule has 0 spiro atoms.